The first-order valence-corrected chi connectivity index (χ1v) is 11.8. The van der Waals surface area contributed by atoms with Crippen molar-refractivity contribution in [2.75, 3.05) is 6.54 Å². The van der Waals surface area contributed by atoms with Crippen LogP contribution < -0.4 is 5.32 Å². The summed E-state index contributed by atoms with van der Waals surface area (Å²) in [6.07, 6.45) is -14.1. The predicted molar refractivity (Wildman–Crippen MR) is 128 cm³/mol. The average Bonchev–Trinajstić information content (AvgIpc) is 2.78. The number of Topliss-reactive ketones (excluding diaryl/α,β-unsaturated/α-hetero) is 1. The number of ketones is 1. The molecule has 0 saturated heterocycles. The molecule has 2 atom stereocenters. The lowest BCUT2D eigenvalue weighted by Gasteiger charge is -2.18. The zero-order valence-electron chi connectivity index (χ0n) is 19.9. The van der Waals surface area contributed by atoms with Gasteiger partial charge in [-0.15, -0.1) is 0 Å². The molecule has 0 aromatic heterocycles. The largest absolute Gasteiger partial charge is 0.417 e. The molecule has 0 radical (unpaired) electrons. The molecule has 1 N–H and O–H groups in total. The van der Waals surface area contributed by atoms with Crippen molar-refractivity contribution in [2.24, 2.45) is 5.92 Å². The van der Waals surface area contributed by atoms with Gasteiger partial charge in [-0.1, -0.05) is 54.4 Å². The summed E-state index contributed by atoms with van der Waals surface area (Å²) < 4.78 is 119. The molecule has 0 fully saturated rings. The van der Waals surface area contributed by atoms with Gasteiger partial charge < -0.3 is 5.32 Å². The molecular formula is C25H20Cl2F9NO2. The number of allylic oxidation sites excluding steroid dienone is 1. The smallest absolute Gasteiger partial charge is 0.347 e. The van der Waals surface area contributed by atoms with Gasteiger partial charge in [0.05, 0.1) is 11.5 Å². The molecule has 0 aliphatic rings. The summed E-state index contributed by atoms with van der Waals surface area (Å²) >= 11 is 11.6. The van der Waals surface area contributed by atoms with Crippen LogP contribution in [0.4, 0.5) is 39.5 Å². The highest BCUT2D eigenvalue weighted by Crippen LogP contribution is 2.39. The van der Waals surface area contributed by atoms with Crippen LogP contribution in [0.15, 0.2) is 42.5 Å². The maximum absolute atomic E-state index is 13.7. The summed E-state index contributed by atoms with van der Waals surface area (Å²) in [7, 11) is 0. The number of carbonyl (C=O) groups excluding carboxylic acids is 2. The molecule has 214 valence electrons. The maximum atomic E-state index is 13.7. The normalized spacial score (nSPS) is 14.4. The van der Waals surface area contributed by atoms with E-state index in [9.17, 15) is 49.1 Å². The number of hydrogen-bond donors (Lipinski definition) is 1. The van der Waals surface area contributed by atoms with Crippen LogP contribution >= 0.6 is 23.2 Å². The monoisotopic (exact) mass is 607 g/mol. The van der Waals surface area contributed by atoms with E-state index in [1.165, 1.54) is 13.0 Å². The standard InChI is InChI=1S/C25H20Cl2F9NO2/c1-13(22(39)37-12-23(28,29)30)2-7-21(38)18-5-3-14(8-20(18)25(34,35)36)4-6-19(24(31,32)33)15-9-16(26)11-17(27)10-15/h3-6,8-11,13,19H,2,7,12H2,1H3,(H,37,39)/b6-4+/t13-,19?/m0/s1. The van der Waals surface area contributed by atoms with E-state index >= 15 is 0 Å². The number of nitrogens with one attached hydrogen (secondary N) is 1. The third kappa shape index (κ3) is 10.1. The van der Waals surface area contributed by atoms with Crippen molar-refractivity contribution in [3.63, 3.8) is 0 Å². The van der Waals surface area contributed by atoms with Gasteiger partial charge in [-0.25, -0.2) is 0 Å². The molecule has 14 heteroatoms. The molecule has 3 nitrogen and oxygen atoms in total. The Morgan fingerprint density at radius 1 is 0.923 bits per heavy atom. The second-order valence-corrected chi connectivity index (χ2v) is 9.45. The van der Waals surface area contributed by atoms with Gasteiger partial charge in [0.15, 0.2) is 5.78 Å². The van der Waals surface area contributed by atoms with E-state index < -0.39 is 66.1 Å². The quantitative estimate of drug-likeness (QED) is 0.229. The first kappa shape index (κ1) is 32.5. The molecule has 0 aliphatic heterocycles. The number of carbonyl (C=O) groups is 2. The van der Waals surface area contributed by atoms with Crippen LogP contribution in [0, 0.1) is 5.92 Å². The van der Waals surface area contributed by atoms with Gasteiger partial charge in [0.1, 0.15) is 6.54 Å². The molecule has 0 saturated carbocycles. The van der Waals surface area contributed by atoms with Crippen LogP contribution in [0.5, 0.6) is 0 Å². The van der Waals surface area contributed by atoms with Gasteiger partial charge in [-0.3, -0.25) is 9.59 Å². The lowest BCUT2D eigenvalue weighted by molar-refractivity contribution is -0.140. The number of hydrogen-bond acceptors (Lipinski definition) is 2. The van der Waals surface area contributed by atoms with Crippen LogP contribution in [0.1, 0.15) is 52.7 Å². The Morgan fingerprint density at radius 2 is 1.51 bits per heavy atom. The Hall–Kier alpha value is -2.73. The summed E-state index contributed by atoms with van der Waals surface area (Å²) in [6.45, 7) is -0.390. The van der Waals surface area contributed by atoms with E-state index in [0.717, 1.165) is 30.3 Å². The van der Waals surface area contributed by atoms with Crippen LogP contribution in [0.3, 0.4) is 0 Å². The third-order valence-electron chi connectivity index (χ3n) is 5.44. The van der Waals surface area contributed by atoms with E-state index in [2.05, 4.69) is 0 Å². The molecule has 2 aromatic carbocycles. The molecule has 2 aromatic rings. The Balaban J connectivity index is 2.28. The molecule has 1 unspecified atom stereocenters. The van der Waals surface area contributed by atoms with Gasteiger partial charge in [0, 0.05) is 27.9 Å². The number of benzene rings is 2. The Bertz CT molecular complexity index is 1200. The van der Waals surface area contributed by atoms with Crippen molar-refractivity contribution in [3.05, 3.63) is 74.8 Å². The average molecular weight is 608 g/mol. The summed E-state index contributed by atoms with van der Waals surface area (Å²) in [5.74, 6) is -5.44. The number of rotatable bonds is 9. The van der Waals surface area contributed by atoms with E-state index in [-0.39, 0.29) is 27.6 Å². The van der Waals surface area contributed by atoms with Crippen molar-refractivity contribution in [2.45, 2.75) is 44.2 Å². The first-order valence-electron chi connectivity index (χ1n) is 11.1. The fraction of sp³-hybridized carbons (Fsp3) is 0.360. The summed E-state index contributed by atoms with van der Waals surface area (Å²) in [6, 6.07) is 5.55. The Morgan fingerprint density at radius 3 is 2.03 bits per heavy atom. The Kier molecular flexibility index (Phi) is 10.5. The van der Waals surface area contributed by atoms with Crippen molar-refractivity contribution in [1.29, 1.82) is 0 Å². The second kappa shape index (κ2) is 12.6. The second-order valence-electron chi connectivity index (χ2n) is 8.58. The van der Waals surface area contributed by atoms with E-state index in [0.29, 0.717) is 12.1 Å². The Labute approximate surface area is 227 Å². The number of halogens is 11. The molecule has 0 aliphatic carbocycles. The minimum absolute atomic E-state index is 0.0745. The van der Waals surface area contributed by atoms with Gasteiger partial charge in [0.25, 0.3) is 0 Å². The van der Waals surface area contributed by atoms with Crippen molar-refractivity contribution in [1.82, 2.24) is 5.32 Å². The highest BCUT2D eigenvalue weighted by molar-refractivity contribution is 6.34. The first-order chi connectivity index (χ1) is 17.8. The number of alkyl halides is 9. The molecular weight excluding hydrogens is 588 g/mol. The lowest BCUT2D eigenvalue weighted by atomic mass is 9.93. The SMILES string of the molecule is C[C@@H](CCC(=O)c1ccc(/C=C/C(c2cc(Cl)cc(Cl)c2)C(F)(F)F)cc1C(F)(F)F)C(=O)NCC(F)(F)F. The molecule has 39 heavy (non-hydrogen) atoms. The van der Waals surface area contributed by atoms with E-state index in [1.54, 1.807) is 5.32 Å². The maximum Gasteiger partial charge on any atom is 0.417 e. The molecule has 2 rings (SSSR count). The summed E-state index contributed by atoms with van der Waals surface area (Å²) in [4.78, 5) is 24.3. The zero-order chi connectivity index (χ0) is 29.8. The number of amides is 1. The van der Waals surface area contributed by atoms with Crippen LogP contribution in [-0.4, -0.2) is 30.6 Å². The van der Waals surface area contributed by atoms with Crippen molar-refractivity contribution < 1.29 is 49.1 Å². The van der Waals surface area contributed by atoms with Gasteiger partial charge >= 0.3 is 18.5 Å². The molecule has 0 bridgehead atoms. The van der Waals surface area contributed by atoms with Gasteiger partial charge in [0.2, 0.25) is 5.91 Å². The fourth-order valence-corrected chi connectivity index (χ4v) is 4.03. The highest BCUT2D eigenvalue weighted by Gasteiger charge is 2.39. The van der Waals surface area contributed by atoms with Crippen molar-refractivity contribution >= 4 is 41.0 Å². The lowest BCUT2D eigenvalue weighted by Crippen LogP contribution is -2.37. The third-order valence-corrected chi connectivity index (χ3v) is 5.88. The van der Waals surface area contributed by atoms with E-state index in [4.69, 9.17) is 23.2 Å². The highest BCUT2D eigenvalue weighted by atomic mass is 35.5. The minimum Gasteiger partial charge on any atom is -0.347 e. The molecule has 1 amide bonds. The topological polar surface area (TPSA) is 46.2 Å². The van der Waals surface area contributed by atoms with Crippen LogP contribution in [0.25, 0.3) is 6.08 Å². The van der Waals surface area contributed by atoms with Crippen LogP contribution in [-0.2, 0) is 11.0 Å². The predicted octanol–water partition coefficient (Wildman–Crippen LogP) is 8.65. The fourth-order valence-electron chi connectivity index (χ4n) is 3.49. The molecule has 0 spiro atoms. The van der Waals surface area contributed by atoms with E-state index in [1.807, 2.05) is 0 Å². The van der Waals surface area contributed by atoms with Crippen LogP contribution in [0.2, 0.25) is 10.0 Å². The zero-order valence-corrected chi connectivity index (χ0v) is 21.4. The van der Waals surface area contributed by atoms with Crippen molar-refractivity contribution in [3.8, 4) is 0 Å². The molecule has 0 heterocycles. The van der Waals surface area contributed by atoms with Gasteiger partial charge in [-0.05, 0) is 41.8 Å². The summed E-state index contributed by atoms with van der Waals surface area (Å²) in [5, 5.41) is 1.47. The van der Waals surface area contributed by atoms with Gasteiger partial charge in [-0.2, -0.15) is 39.5 Å². The summed E-state index contributed by atoms with van der Waals surface area (Å²) in [5.41, 5.74) is -2.84. The minimum atomic E-state index is -5.06.